The first-order valence-corrected chi connectivity index (χ1v) is 5.48. The molecule has 15 heavy (non-hydrogen) atoms. The molecule has 2 rings (SSSR count). The summed E-state index contributed by atoms with van der Waals surface area (Å²) in [6, 6.07) is 4.28. The summed E-state index contributed by atoms with van der Waals surface area (Å²) in [5.74, 6) is 0.557. The van der Waals surface area contributed by atoms with E-state index in [2.05, 4.69) is 23.9 Å². The number of pyridine rings is 1. The Labute approximate surface area is 95.0 Å². The fourth-order valence-corrected chi connectivity index (χ4v) is 2.11. The van der Waals surface area contributed by atoms with Gasteiger partial charge in [0.05, 0.1) is 19.3 Å². The first-order chi connectivity index (χ1) is 7.18. The Balaban J connectivity index is 2.16. The molecule has 0 N–H and O–H groups in total. The highest BCUT2D eigenvalue weighted by Crippen LogP contribution is 2.24. The smallest absolute Gasteiger partial charge is 0.131 e. The van der Waals surface area contributed by atoms with Crippen molar-refractivity contribution in [2.45, 2.75) is 13.0 Å². The van der Waals surface area contributed by atoms with E-state index in [9.17, 15) is 0 Å². The molecule has 0 aliphatic carbocycles. The number of hydrogen-bond acceptors (Lipinski definition) is 3. The number of halogens is 1. The van der Waals surface area contributed by atoms with Crippen LogP contribution in [0.1, 0.15) is 6.92 Å². The van der Waals surface area contributed by atoms with Gasteiger partial charge in [-0.2, -0.15) is 0 Å². The van der Waals surface area contributed by atoms with Crippen LogP contribution in [0.25, 0.3) is 0 Å². The third kappa shape index (κ3) is 2.24. The summed E-state index contributed by atoms with van der Waals surface area (Å²) in [6.07, 6.45) is 1.73. The second-order valence-electron chi connectivity index (χ2n) is 4.03. The minimum absolute atomic E-state index is 0.434. The quantitative estimate of drug-likeness (QED) is 0.723. The molecule has 0 amide bonds. The van der Waals surface area contributed by atoms with E-state index in [0.717, 1.165) is 18.9 Å². The largest absolute Gasteiger partial charge is 0.379 e. The van der Waals surface area contributed by atoms with Crippen LogP contribution in [0.15, 0.2) is 18.3 Å². The van der Waals surface area contributed by atoms with E-state index in [1.807, 2.05) is 12.1 Å². The summed E-state index contributed by atoms with van der Waals surface area (Å²) >= 11 is 5.86. The highest BCUT2D eigenvalue weighted by Gasteiger charge is 2.28. The molecule has 82 valence electrons. The van der Waals surface area contributed by atoms with E-state index < -0.39 is 0 Å². The van der Waals surface area contributed by atoms with Crippen LogP contribution in [0.2, 0.25) is 5.15 Å². The van der Waals surface area contributed by atoms with Gasteiger partial charge in [-0.1, -0.05) is 18.5 Å². The van der Waals surface area contributed by atoms with E-state index >= 15 is 0 Å². The van der Waals surface area contributed by atoms with Gasteiger partial charge in [-0.25, -0.2) is 4.98 Å². The maximum atomic E-state index is 5.86. The minimum atomic E-state index is 0.434. The second-order valence-corrected chi connectivity index (χ2v) is 4.42. The van der Waals surface area contributed by atoms with Crippen molar-refractivity contribution in [2.75, 3.05) is 25.2 Å². The lowest BCUT2D eigenvalue weighted by Gasteiger charge is -2.28. The van der Waals surface area contributed by atoms with Crippen molar-refractivity contribution in [3.63, 3.8) is 0 Å². The summed E-state index contributed by atoms with van der Waals surface area (Å²) in [7, 11) is 2.07. The predicted octanol–water partition coefficient (Wildman–Crippen LogP) is 2.21. The van der Waals surface area contributed by atoms with Gasteiger partial charge in [-0.05, 0) is 12.1 Å². The minimum Gasteiger partial charge on any atom is -0.379 e. The Morgan fingerprint density at radius 2 is 2.33 bits per heavy atom. The Morgan fingerprint density at radius 1 is 1.53 bits per heavy atom. The zero-order valence-electron chi connectivity index (χ0n) is 8.98. The van der Waals surface area contributed by atoms with Crippen LogP contribution < -0.4 is 4.90 Å². The first-order valence-electron chi connectivity index (χ1n) is 5.10. The highest BCUT2D eigenvalue weighted by atomic mass is 35.5. The third-order valence-electron chi connectivity index (χ3n) is 2.94. The number of likely N-dealkylation sites (N-methyl/N-ethyl adjacent to an activating group) is 1. The first kappa shape index (κ1) is 10.7. The monoisotopic (exact) mass is 226 g/mol. The van der Waals surface area contributed by atoms with Crippen LogP contribution in [0.4, 0.5) is 5.69 Å². The number of anilines is 1. The highest BCUT2D eigenvalue weighted by molar-refractivity contribution is 6.29. The molecule has 4 heteroatoms. The van der Waals surface area contributed by atoms with Gasteiger partial charge in [-0.3, -0.25) is 0 Å². The van der Waals surface area contributed by atoms with Gasteiger partial charge in [0.1, 0.15) is 5.15 Å². The molecule has 3 nitrogen and oxygen atoms in total. The van der Waals surface area contributed by atoms with Crippen molar-refractivity contribution in [1.82, 2.24) is 4.98 Å². The molecular formula is C11H15ClN2O. The number of nitrogens with zero attached hydrogens (tertiary/aromatic N) is 2. The van der Waals surface area contributed by atoms with Gasteiger partial charge in [0.2, 0.25) is 0 Å². The molecule has 1 fully saturated rings. The molecule has 0 bridgehead atoms. The van der Waals surface area contributed by atoms with Gasteiger partial charge in [0, 0.05) is 24.8 Å². The molecular weight excluding hydrogens is 212 g/mol. The van der Waals surface area contributed by atoms with Crippen molar-refractivity contribution in [3.05, 3.63) is 23.5 Å². The van der Waals surface area contributed by atoms with E-state index in [1.54, 1.807) is 6.20 Å². The van der Waals surface area contributed by atoms with Crippen molar-refractivity contribution >= 4 is 17.3 Å². The molecule has 2 atom stereocenters. The van der Waals surface area contributed by atoms with Crippen molar-refractivity contribution < 1.29 is 4.74 Å². The van der Waals surface area contributed by atoms with Crippen LogP contribution in [0, 0.1) is 5.92 Å². The fourth-order valence-electron chi connectivity index (χ4n) is 1.95. The number of hydrogen-bond donors (Lipinski definition) is 0. The fraction of sp³-hybridized carbons (Fsp3) is 0.545. The topological polar surface area (TPSA) is 25.4 Å². The van der Waals surface area contributed by atoms with Crippen LogP contribution in [0.5, 0.6) is 0 Å². The molecule has 1 saturated heterocycles. The van der Waals surface area contributed by atoms with Crippen molar-refractivity contribution in [3.8, 4) is 0 Å². The molecule has 2 heterocycles. The second kappa shape index (κ2) is 4.37. The zero-order valence-corrected chi connectivity index (χ0v) is 9.74. The Hall–Kier alpha value is -0.800. The predicted molar refractivity (Wildman–Crippen MR) is 61.4 cm³/mol. The normalized spacial score (nSPS) is 25.5. The van der Waals surface area contributed by atoms with Gasteiger partial charge >= 0.3 is 0 Å². The Morgan fingerprint density at radius 3 is 2.93 bits per heavy atom. The van der Waals surface area contributed by atoms with E-state index in [0.29, 0.717) is 17.1 Å². The molecule has 2 unspecified atom stereocenters. The van der Waals surface area contributed by atoms with E-state index in [1.165, 1.54) is 0 Å². The zero-order chi connectivity index (χ0) is 10.8. The number of aromatic nitrogens is 1. The van der Waals surface area contributed by atoms with E-state index in [4.69, 9.17) is 16.3 Å². The standard InChI is InChI=1S/C11H15ClN2O/c1-8-6-15-7-10(8)14(2)9-3-4-13-11(12)5-9/h3-5,8,10H,6-7H2,1-2H3. The van der Waals surface area contributed by atoms with E-state index in [-0.39, 0.29) is 0 Å². The van der Waals surface area contributed by atoms with Crippen molar-refractivity contribution in [2.24, 2.45) is 5.92 Å². The number of rotatable bonds is 2. The Bertz CT molecular complexity index is 345. The summed E-state index contributed by atoms with van der Waals surface area (Å²) in [6.45, 7) is 3.84. The summed E-state index contributed by atoms with van der Waals surface area (Å²) in [4.78, 5) is 6.19. The maximum Gasteiger partial charge on any atom is 0.131 e. The summed E-state index contributed by atoms with van der Waals surface area (Å²) < 4.78 is 5.45. The summed E-state index contributed by atoms with van der Waals surface area (Å²) in [5.41, 5.74) is 1.09. The lowest BCUT2D eigenvalue weighted by molar-refractivity contribution is 0.186. The van der Waals surface area contributed by atoms with Gasteiger partial charge < -0.3 is 9.64 Å². The average Bonchev–Trinajstić information content (AvgIpc) is 2.63. The summed E-state index contributed by atoms with van der Waals surface area (Å²) in [5, 5.41) is 0.533. The molecule has 1 aliphatic rings. The average molecular weight is 227 g/mol. The molecule has 0 spiro atoms. The lowest BCUT2D eigenvalue weighted by Crippen LogP contribution is -2.36. The van der Waals surface area contributed by atoms with Crippen LogP contribution >= 0.6 is 11.6 Å². The maximum absolute atomic E-state index is 5.86. The van der Waals surface area contributed by atoms with Crippen LogP contribution in [-0.2, 0) is 4.74 Å². The van der Waals surface area contributed by atoms with Gasteiger partial charge in [0.25, 0.3) is 0 Å². The van der Waals surface area contributed by atoms with Crippen molar-refractivity contribution in [1.29, 1.82) is 0 Å². The van der Waals surface area contributed by atoms with Gasteiger partial charge in [0.15, 0.2) is 0 Å². The molecule has 0 aromatic carbocycles. The lowest BCUT2D eigenvalue weighted by atomic mass is 10.0. The molecule has 1 aliphatic heterocycles. The molecule has 0 radical (unpaired) electrons. The Kier molecular flexibility index (Phi) is 3.12. The van der Waals surface area contributed by atoms with Gasteiger partial charge in [-0.15, -0.1) is 0 Å². The molecule has 1 aromatic heterocycles. The third-order valence-corrected chi connectivity index (χ3v) is 3.15. The molecule has 1 aromatic rings. The van der Waals surface area contributed by atoms with Crippen LogP contribution in [-0.4, -0.2) is 31.3 Å². The van der Waals surface area contributed by atoms with Crippen LogP contribution in [0.3, 0.4) is 0 Å². The number of ether oxygens (including phenoxy) is 1. The SMILES string of the molecule is CC1COCC1N(C)c1ccnc(Cl)c1. The molecule has 0 saturated carbocycles.